The summed E-state index contributed by atoms with van der Waals surface area (Å²) in [6, 6.07) is 17.1. The molecule has 34 heavy (non-hydrogen) atoms. The van der Waals surface area contributed by atoms with Crippen molar-refractivity contribution >= 4 is 50.5 Å². The predicted octanol–water partition coefficient (Wildman–Crippen LogP) is 5.26. The molecule has 0 saturated heterocycles. The Hall–Kier alpha value is -3.76. The molecule has 0 saturated carbocycles. The van der Waals surface area contributed by atoms with Crippen molar-refractivity contribution in [2.24, 2.45) is 0 Å². The zero-order chi connectivity index (χ0) is 23.9. The van der Waals surface area contributed by atoms with Gasteiger partial charge in [-0.2, -0.15) is 0 Å². The van der Waals surface area contributed by atoms with Crippen LogP contribution in [0.4, 0.5) is 16.0 Å². The molecule has 4 rings (SSSR count). The van der Waals surface area contributed by atoms with Crippen LogP contribution >= 0.6 is 22.7 Å². The number of hydrogen-bond donors (Lipinski definition) is 1. The summed E-state index contributed by atoms with van der Waals surface area (Å²) < 4.78 is 10.8. The Morgan fingerprint density at radius 2 is 1.76 bits per heavy atom. The van der Waals surface area contributed by atoms with E-state index in [1.165, 1.54) is 34.5 Å². The number of rotatable bonds is 9. The number of nitrogens with one attached hydrogen (secondary N) is 1. The van der Waals surface area contributed by atoms with Crippen molar-refractivity contribution in [2.45, 2.75) is 20.1 Å². The van der Waals surface area contributed by atoms with Gasteiger partial charge >= 0.3 is 5.97 Å². The van der Waals surface area contributed by atoms with E-state index in [2.05, 4.69) is 15.3 Å². The number of aromatic nitrogens is 2. The summed E-state index contributed by atoms with van der Waals surface area (Å²) in [6.45, 7) is 2.04. The van der Waals surface area contributed by atoms with Gasteiger partial charge in [-0.05, 0) is 17.7 Å². The van der Waals surface area contributed by atoms with Gasteiger partial charge in [-0.1, -0.05) is 42.5 Å². The minimum absolute atomic E-state index is 0.0304. The Labute approximate surface area is 204 Å². The first-order chi connectivity index (χ1) is 16.5. The van der Waals surface area contributed by atoms with Gasteiger partial charge in [-0.15, -0.1) is 22.7 Å². The van der Waals surface area contributed by atoms with Gasteiger partial charge in [0.2, 0.25) is 5.91 Å². The molecule has 0 aliphatic rings. The van der Waals surface area contributed by atoms with Gasteiger partial charge in [0, 0.05) is 24.2 Å². The van der Waals surface area contributed by atoms with Crippen molar-refractivity contribution in [1.82, 2.24) is 9.97 Å². The number of carbonyl (C=O) groups excluding carboxylic acids is 2. The quantitative estimate of drug-likeness (QED) is 0.317. The molecular weight excluding hydrogens is 472 g/mol. The molecule has 0 aliphatic heterocycles. The van der Waals surface area contributed by atoms with Gasteiger partial charge in [0.15, 0.2) is 16.0 Å². The third kappa shape index (κ3) is 5.59. The van der Waals surface area contributed by atoms with Crippen LogP contribution in [-0.2, 0) is 22.7 Å². The van der Waals surface area contributed by atoms with Crippen molar-refractivity contribution in [3.63, 3.8) is 0 Å². The van der Waals surface area contributed by atoms with E-state index in [0.717, 1.165) is 5.56 Å². The summed E-state index contributed by atoms with van der Waals surface area (Å²) in [5.41, 5.74) is 2.48. The summed E-state index contributed by atoms with van der Waals surface area (Å²) in [5.74, 6) is -0.187. The number of thiazole rings is 2. The fraction of sp³-hybridized carbons (Fsp3) is 0.167. The average Bonchev–Trinajstić information content (AvgIpc) is 3.52. The molecule has 0 aliphatic carbocycles. The third-order valence-corrected chi connectivity index (χ3v) is 6.40. The van der Waals surface area contributed by atoms with E-state index in [0.29, 0.717) is 33.9 Å². The van der Waals surface area contributed by atoms with Crippen molar-refractivity contribution in [3.8, 4) is 5.75 Å². The number of methoxy groups -OCH3 is 1. The largest absolute Gasteiger partial charge is 0.495 e. The fourth-order valence-corrected chi connectivity index (χ4v) is 4.67. The minimum atomic E-state index is -0.535. The first-order valence-electron chi connectivity index (χ1n) is 10.3. The van der Waals surface area contributed by atoms with Crippen LogP contribution in [0.15, 0.2) is 65.4 Å². The van der Waals surface area contributed by atoms with Crippen LogP contribution in [0.5, 0.6) is 5.75 Å². The fourth-order valence-electron chi connectivity index (χ4n) is 3.12. The number of amides is 1. The van der Waals surface area contributed by atoms with Crippen molar-refractivity contribution in [2.75, 3.05) is 17.3 Å². The maximum atomic E-state index is 12.4. The molecular formula is C24H22N4O4S2. The lowest BCUT2D eigenvalue weighted by Gasteiger charge is -2.20. The molecule has 8 nitrogen and oxygen atoms in total. The van der Waals surface area contributed by atoms with E-state index < -0.39 is 5.97 Å². The van der Waals surface area contributed by atoms with Crippen molar-refractivity contribution < 1.29 is 19.1 Å². The highest BCUT2D eigenvalue weighted by atomic mass is 32.1. The van der Waals surface area contributed by atoms with Gasteiger partial charge < -0.3 is 14.8 Å². The first kappa shape index (κ1) is 23.4. The maximum Gasteiger partial charge on any atom is 0.358 e. The second kappa shape index (κ2) is 10.9. The van der Waals surface area contributed by atoms with Crippen molar-refractivity contribution in [3.05, 3.63) is 82.3 Å². The number of esters is 1. The molecule has 0 spiro atoms. The predicted molar refractivity (Wildman–Crippen MR) is 133 cm³/mol. The lowest BCUT2D eigenvalue weighted by atomic mass is 10.2. The molecule has 10 heteroatoms. The molecule has 2 aromatic carbocycles. The highest BCUT2D eigenvalue weighted by Crippen LogP contribution is 2.35. The number of carbonyl (C=O) groups is 2. The Kier molecular flexibility index (Phi) is 7.51. The van der Waals surface area contributed by atoms with Gasteiger partial charge in [0.05, 0.1) is 18.5 Å². The Morgan fingerprint density at radius 1 is 1.00 bits per heavy atom. The third-order valence-electron chi connectivity index (χ3n) is 4.72. The summed E-state index contributed by atoms with van der Waals surface area (Å²) in [6.07, 6.45) is 0. The van der Waals surface area contributed by atoms with E-state index in [1.807, 2.05) is 42.5 Å². The number of anilines is 3. The van der Waals surface area contributed by atoms with E-state index in [1.54, 1.807) is 30.0 Å². The molecule has 2 heterocycles. The second-order valence-corrected chi connectivity index (χ2v) is 8.80. The van der Waals surface area contributed by atoms with Crippen molar-refractivity contribution in [1.29, 1.82) is 0 Å². The van der Waals surface area contributed by atoms with E-state index in [9.17, 15) is 9.59 Å². The highest BCUT2D eigenvalue weighted by molar-refractivity contribution is 7.14. The molecule has 0 radical (unpaired) electrons. The van der Waals surface area contributed by atoms with Crippen LogP contribution in [0.25, 0.3) is 0 Å². The molecule has 1 N–H and O–H groups in total. The Morgan fingerprint density at radius 3 is 2.53 bits per heavy atom. The van der Waals surface area contributed by atoms with E-state index >= 15 is 0 Å². The summed E-state index contributed by atoms with van der Waals surface area (Å²) in [7, 11) is 1.55. The molecule has 1 amide bonds. The minimum Gasteiger partial charge on any atom is -0.495 e. The Balaban J connectivity index is 1.37. The molecule has 174 valence electrons. The zero-order valence-corrected chi connectivity index (χ0v) is 20.2. The maximum absolute atomic E-state index is 12.4. The van der Waals surface area contributed by atoms with Crippen LogP contribution < -0.4 is 15.0 Å². The van der Waals surface area contributed by atoms with Gasteiger partial charge in [0.25, 0.3) is 0 Å². The first-order valence-corrected chi connectivity index (χ1v) is 12.1. The van der Waals surface area contributed by atoms with Gasteiger partial charge in [-0.25, -0.2) is 14.8 Å². The standard InChI is InChI=1S/C24H22N4O4S2/c1-16(29)28(20-10-6-7-11-21(20)31-2)24-26-18(14-34-24)13-32-22(30)19-15-33-23(27-19)25-12-17-8-4-3-5-9-17/h3-11,14-15H,12-13H2,1-2H3,(H,25,27). The average molecular weight is 495 g/mol. The van der Waals surface area contributed by atoms with E-state index in [4.69, 9.17) is 9.47 Å². The van der Waals surface area contributed by atoms with Gasteiger partial charge in [0.1, 0.15) is 12.4 Å². The monoisotopic (exact) mass is 494 g/mol. The molecule has 0 unspecified atom stereocenters. The van der Waals surface area contributed by atoms with E-state index in [-0.39, 0.29) is 18.2 Å². The van der Waals surface area contributed by atoms with Crippen LogP contribution in [0.1, 0.15) is 28.7 Å². The van der Waals surface area contributed by atoms with Crippen LogP contribution in [-0.4, -0.2) is 29.0 Å². The molecule has 2 aromatic heterocycles. The number of nitrogens with zero attached hydrogens (tertiary/aromatic N) is 3. The number of para-hydroxylation sites is 2. The molecule has 4 aromatic rings. The summed E-state index contributed by atoms with van der Waals surface area (Å²) in [5, 5.41) is 7.71. The highest BCUT2D eigenvalue weighted by Gasteiger charge is 2.22. The summed E-state index contributed by atoms with van der Waals surface area (Å²) >= 11 is 2.62. The van der Waals surface area contributed by atoms with Crippen LogP contribution in [0, 0.1) is 0 Å². The topological polar surface area (TPSA) is 93.6 Å². The normalized spacial score (nSPS) is 10.5. The zero-order valence-electron chi connectivity index (χ0n) is 18.6. The lowest BCUT2D eigenvalue weighted by Crippen LogP contribution is -2.23. The number of hydrogen-bond acceptors (Lipinski definition) is 9. The SMILES string of the molecule is COc1ccccc1N(C(C)=O)c1nc(COC(=O)c2csc(NCc3ccccc3)n2)cs1. The number of ether oxygens (including phenoxy) is 2. The lowest BCUT2D eigenvalue weighted by molar-refractivity contribution is -0.115. The van der Waals surface area contributed by atoms with Crippen LogP contribution in [0.2, 0.25) is 0 Å². The van der Waals surface area contributed by atoms with Crippen LogP contribution in [0.3, 0.4) is 0 Å². The smallest absolute Gasteiger partial charge is 0.358 e. The summed E-state index contributed by atoms with van der Waals surface area (Å²) in [4.78, 5) is 35.1. The van der Waals surface area contributed by atoms with Gasteiger partial charge in [-0.3, -0.25) is 9.69 Å². The molecule has 0 atom stereocenters. The molecule has 0 bridgehead atoms. The molecule has 0 fully saturated rings. The second-order valence-electron chi connectivity index (χ2n) is 7.10. The number of benzene rings is 2. The Bertz CT molecular complexity index is 1270.